The highest BCUT2D eigenvalue weighted by Crippen LogP contribution is 2.32. The smallest absolute Gasteiger partial charge is 0.229 e. The zero-order chi connectivity index (χ0) is 16.4. The van der Waals surface area contributed by atoms with Crippen LogP contribution in [0.3, 0.4) is 0 Å². The van der Waals surface area contributed by atoms with Gasteiger partial charge in [0.05, 0.1) is 6.42 Å². The summed E-state index contributed by atoms with van der Waals surface area (Å²) < 4.78 is 2.14. The fourth-order valence-electron chi connectivity index (χ4n) is 3.21. The quantitative estimate of drug-likeness (QED) is 0.798. The number of aryl methyl sites for hydroxylation is 1. The summed E-state index contributed by atoms with van der Waals surface area (Å²) in [4.78, 5) is 17.3. The van der Waals surface area contributed by atoms with Crippen LogP contribution in [0.15, 0.2) is 60.7 Å². The lowest BCUT2D eigenvalue weighted by Crippen LogP contribution is -2.17. The summed E-state index contributed by atoms with van der Waals surface area (Å²) in [5, 5.41) is 3.10. The molecule has 0 bridgehead atoms. The highest BCUT2D eigenvalue weighted by molar-refractivity contribution is 5.95. The first-order valence-electron chi connectivity index (χ1n) is 8.30. The number of nitrogens with one attached hydrogen (secondary N) is 1. The van der Waals surface area contributed by atoms with Crippen molar-refractivity contribution in [2.75, 3.05) is 5.32 Å². The number of carbonyl (C=O) groups excluding carboxylic acids is 1. The molecule has 1 aliphatic heterocycles. The third kappa shape index (κ3) is 2.83. The van der Waals surface area contributed by atoms with Crippen molar-refractivity contribution in [3.05, 3.63) is 72.1 Å². The van der Waals surface area contributed by atoms with Crippen LogP contribution in [0.2, 0.25) is 0 Å². The molecule has 2 heterocycles. The van der Waals surface area contributed by atoms with Crippen LogP contribution in [-0.4, -0.2) is 15.5 Å². The summed E-state index contributed by atoms with van der Waals surface area (Å²) in [7, 11) is 0. The van der Waals surface area contributed by atoms with Crippen molar-refractivity contribution >= 4 is 11.7 Å². The van der Waals surface area contributed by atoms with Crippen molar-refractivity contribution in [1.82, 2.24) is 9.55 Å². The second-order valence-electron chi connectivity index (χ2n) is 6.06. The fraction of sp³-hybridized carbons (Fsp3) is 0.200. The Morgan fingerprint density at radius 1 is 1.04 bits per heavy atom. The van der Waals surface area contributed by atoms with Crippen LogP contribution < -0.4 is 5.32 Å². The predicted molar refractivity (Wildman–Crippen MR) is 94.8 cm³/mol. The third-order valence-electron chi connectivity index (χ3n) is 4.34. The zero-order valence-electron chi connectivity index (χ0n) is 13.4. The molecule has 1 amide bonds. The summed E-state index contributed by atoms with van der Waals surface area (Å²) in [5.74, 6) is 1.88. The number of aromatic nitrogens is 2. The van der Waals surface area contributed by atoms with E-state index in [1.165, 1.54) is 0 Å². The van der Waals surface area contributed by atoms with Crippen molar-refractivity contribution < 1.29 is 4.79 Å². The second-order valence-corrected chi connectivity index (χ2v) is 6.06. The molecule has 3 aromatic rings. The summed E-state index contributed by atoms with van der Waals surface area (Å²) in [5.41, 5.74) is 2.92. The van der Waals surface area contributed by atoms with Gasteiger partial charge in [-0.3, -0.25) is 4.79 Å². The van der Waals surface area contributed by atoms with Crippen LogP contribution in [0, 0.1) is 0 Å². The SMILES string of the molecule is O=C(Cc1ccccc1)Nc1c(-c2ccccc2)nc2n1CCC2. The molecular weight excluding hydrogens is 298 g/mol. The molecule has 0 fully saturated rings. The van der Waals surface area contributed by atoms with E-state index >= 15 is 0 Å². The highest BCUT2D eigenvalue weighted by Gasteiger charge is 2.23. The van der Waals surface area contributed by atoms with Gasteiger partial charge in [0.15, 0.2) is 0 Å². The Bertz CT molecular complexity index is 853. The first kappa shape index (κ1) is 14.7. The van der Waals surface area contributed by atoms with Crippen molar-refractivity contribution in [3.63, 3.8) is 0 Å². The number of carbonyl (C=O) groups is 1. The number of benzene rings is 2. The number of rotatable bonds is 4. The molecule has 4 heteroatoms. The molecule has 4 nitrogen and oxygen atoms in total. The average molecular weight is 317 g/mol. The van der Waals surface area contributed by atoms with Crippen LogP contribution in [0.1, 0.15) is 17.8 Å². The number of nitrogens with zero attached hydrogens (tertiary/aromatic N) is 2. The molecule has 0 atom stereocenters. The Hall–Kier alpha value is -2.88. The molecule has 1 N–H and O–H groups in total. The normalized spacial score (nSPS) is 12.8. The molecule has 0 aliphatic carbocycles. The topological polar surface area (TPSA) is 46.9 Å². The van der Waals surface area contributed by atoms with Crippen LogP contribution >= 0.6 is 0 Å². The Morgan fingerprint density at radius 2 is 1.75 bits per heavy atom. The molecule has 1 aromatic heterocycles. The average Bonchev–Trinajstić information content (AvgIpc) is 3.19. The number of amides is 1. The zero-order valence-corrected chi connectivity index (χ0v) is 13.4. The monoisotopic (exact) mass is 317 g/mol. The van der Waals surface area contributed by atoms with Gasteiger partial charge in [-0.1, -0.05) is 60.7 Å². The fourth-order valence-corrected chi connectivity index (χ4v) is 3.21. The first-order valence-corrected chi connectivity index (χ1v) is 8.30. The molecular formula is C20H19N3O. The Labute approximate surface area is 141 Å². The maximum atomic E-state index is 12.5. The summed E-state index contributed by atoms with van der Waals surface area (Å²) >= 11 is 0. The van der Waals surface area contributed by atoms with Crippen molar-refractivity contribution in [3.8, 4) is 11.3 Å². The van der Waals surface area contributed by atoms with Crippen LogP contribution in [0.25, 0.3) is 11.3 Å². The van der Waals surface area contributed by atoms with E-state index in [0.29, 0.717) is 6.42 Å². The minimum Gasteiger partial charge on any atom is -0.314 e. The van der Waals surface area contributed by atoms with Crippen molar-refractivity contribution in [2.45, 2.75) is 25.8 Å². The molecule has 2 aromatic carbocycles. The van der Waals surface area contributed by atoms with Gasteiger partial charge in [0, 0.05) is 18.5 Å². The summed E-state index contributed by atoms with van der Waals surface area (Å²) in [6, 6.07) is 19.8. The van der Waals surface area contributed by atoms with Gasteiger partial charge in [0.25, 0.3) is 0 Å². The van der Waals surface area contributed by atoms with Gasteiger partial charge in [0.1, 0.15) is 17.3 Å². The van der Waals surface area contributed by atoms with Gasteiger partial charge in [-0.05, 0) is 12.0 Å². The number of anilines is 1. The molecule has 1 aliphatic rings. The largest absolute Gasteiger partial charge is 0.314 e. The minimum absolute atomic E-state index is 0.00650. The number of imidazole rings is 1. The molecule has 0 saturated carbocycles. The van der Waals surface area contributed by atoms with E-state index in [-0.39, 0.29) is 5.91 Å². The molecule has 0 saturated heterocycles. The molecule has 0 spiro atoms. The Morgan fingerprint density at radius 3 is 2.50 bits per heavy atom. The number of hydrogen-bond acceptors (Lipinski definition) is 2. The van der Waals surface area contributed by atoms with Gasteiger partial charge >= 0.3 is 0 Å². The van der Waals surface area contributed by atoms with E-state index in [9.17, 15) is 4.79 Å². The van der Waals surface area contributed by atoms with Gasteiger partial charge in [-0.2, -0.15) is 0 Å². The maximum absolute atomic E-state index is 12.5. The predicted octanol–water partition coefficient (Wildman–Crippen LogP) is 3.68. The lowest BCUT2D eigenvalue weighted by Gasteiger charge is -2.10. The van der Waals surface area contributed by atoms with Crippen molar-refractivity contribution in [1.29, 1.82) is 0 Å². The van der Waals surface area contributed by atoms with Gasteiger partial charge in [0.2, 0.25) is 5.91 Å². The molecule has 4 rings (SSSR count). The molecule has 0 unspecified atom stereocenters. The summed E-state index contributed by atoms with van der Waals surface area (Å²) in [6.45, 7) is 0.913. The first-order chi connectivity index (χ1) is 11.8. The Kier molecular flexibility index (Phi) is 3.87. The van der Waals surface area contributed by atoms with E-state index in [1.54, 1.807) is 0 Å². The standard InChI is InChI=1S/C20H19N3O/c24-18(14-15-8-3-1-4-9-15)22-20-19(16-10-5-2-6-11-16)21-17-12-7-13-23(17)20/h1-6,8-11H,7,12-14H2,(H,22,24). The van der Waals surface area contributed by atoms with E-state index < -0.39 is 0 Å². The van der Waals surface area contributed by atoms with Gasteiger partial charge in [-0.15, -0.1) is 0 Å². The highest BCUT2D eigenvalue weighted by atomic mass is 16.1. The van der Waals surface area contributed by atoms with Crippen LogP contribution in [-0.2, 0) is 24.2 Å². The lowest BCUT2D eigenvalue weighted by atomic mass is 10.1. The lowest BCUT2D eigenvalue weighted by molar-refractivity contribution is -0.115. The van der Waals surface area contributed by atoms with E-state index in [4.69, 9.17) is 4.98 Å². The summed E-state index contributed by atoms with van der Waals surface area (Å²) in [6.07, 6.45) is 2.42. The molecule has 0 radical (unpaired) electrons. The van der Waals surface area contributed by atoms with E-state index in [1.807, 2.05) is 60.7 Å². The van der Waals surface area contributed by atoms with E-state index in [2.05, 4.69) is 9.88 Å². The molecule has 24 heavy (non-hydrogen) atoms. The number of fused-ring (bicyclic) bond motifs is 1. The maximum Gasteiger partial charge on any atom is 0.229 e. The third-order valence-corrected chi connectivity index (χ3v) is 4.34. The van der Waals surface area contributed by atoms with Crippen LogP contribution in [0.4, 0.5) is 5.82 Å². The van der Waals surface area contributed by atoms with Gasteiger partial charge < -0.3 is 9.88 Å². The van der Waals surface area contributed by atoms with Gasteiger partial charge in [-0.25, -0.2) is 4.98 Å². The molecule has 120 valence electrons. The minimum atomic E-state index is -0.00650. The number of hydrogen-bond donors (Lipinski definition) is 1. The van der Waals surface area contributed by atoms with Crippen molar-refractivity contribution in [2.24, 2.45) is 0 Å². The van der Waals surface area contributed by atoms with Crippen LogP contribution in [0.5, 0.6) is 0 Å². The second kappa shape index (κ2) is 6.32. The Balaban J connectivity index is 1.63. The van der Waals surface area contributed by atoms with E-state index in [0.717, 1.165) is 47.8 Å².